The summed E-state index contributed by atoms with van der Waals surface area (Å²) in [6.07, 6.45) is 9.03. The van der Waals surface area contributed by atoms with E-state index in [2.05, 4.69) is 68.5 Å². The van der Waals surface area contributed by atoms with Crippen molar-refractivity contribution in [2.75, 3.05) is 20.1 Å². The van der Waals surface area contributed by atoms with Crippen molar-refractivity contribution in [1.29, 1.82) is 0 Å². The van der Waals surface area contributed by atoms with E-state index < -0.39 is 0 Å². The number of hydrogen-bond donors (Lipinski definition) is 2. The molecule has 1 aliphatic rings. The molecule has 0 aliphatic carbocycles. The molecule has 1 aromatic heterocycles. The Morgan fingerprint density at radius 1 is 1.00 bits per heavy atom. The van der Waals surface area contributed by atoms with Gasteiger partial charge in [0.1, 0.15) is 11.6 Å². The van der Waals surface area contributed by atoms with Crippen molar-refractivity contribution in [3.63, 3.8) is 0 Å². The summed E-state index contributed by atoms with van der Waals surface area (Å²) in [6, 6.07) is 9.02. The molecule has 7 heteroatoms. The standard InChI is InChI=1S/C24H38N6.HI/c1-19(2)21-14-12-20(13-15-21)9-7-16-26-24(25-3)27-17-8-11-23-29-28-22-10-5-4-6-18-30(22)23;/h12-15,19H,4-11,16-18H2,1-3H3,(H2,25,26,27);1H. The van der Waals surface area contributed by atoms with Crippen LogP contribution in [0.25, 0.3) is 0 Å². The Balaban J connectivity index is 0.00000341. The lowest BCUT2D eigenvalue weighted by molar-refractivity contribution is 0.593. The number of aryl methyl sites for hydroxylation is 3. The molecule has 0 saturated carbocycles. The average Bonchev–Trinajstić information content (AvgIpc) is 2.98. The van der Waals surface area contributed by atoms with Crippen LogP contribution in [-0.4, -0.2) is 40.9 Å². The Morgan fingerprint density at radius 3 is 2.39 bits per heavy atom. The van der Waals surface area contributed by atoms with Crippen LogP contribution in [-0.2, 0) is 25.8 Å². The van der Waals surface area contributed by atoms with Gasteiger partial charge < -0.3 is 15.2 Å². The first-order valence-electron chi connectivity index (χ1n) is 11.6. The summed E-state index contributed by atoms with van der Waals surface area (Å²) in [6.45, 7) is 7.35. The van der Waals surface area contributed by atoms with Crippen molar-refractivity contribution in [3.05, 3.63) is 47.0 Å². The average molecular weight is 539 g/mol. The van der Waals surface area contributed by atoms with Gasteiger partial charge >= 0.3 is 0 Å². The third-order valence-corrected chi connectivity index (χ3v) is 5.86. The normalized spacial score (nSPS) is 14.0. The SMILES string of the molecule is CN=C(NCCCc1ccc(C(C)C)cc1)NCCCc1nnc2n1CCCCC2.I. The van der Waals surface area contributed by atoms with Crippen molar-refractivity contribution < 1.29 is 0 Å². The molecule has 31 heavy (non-hydrogen) atoms. The zero-order valence-corrected chi connectivity index (χ0v) is 21.7. The van der Waals surface area contributed by atoms with Crippen LogP contribution in [0.5, 0.6) is 0 Å². The molecule has 0 unspecified atom stereocenters. The van der Waals surface area contributed by atoms with Gasteiger partial charge in [-0.1, -0.05) is 44.5 Å². The van der Waals surface area contributed by atoms with E-state index in [1.54, 1.807) is 0 Å². The van der Waals surface area contributed by atoms with Gasteiger partial charge in [-0.25, -0.2) is 0 Å². The molecule has 2 N–H and O–H groups in total. The highest BCUT2D eigenvalue weighted by atomic mass is 127. The van der Waals surface area contributed by atoms with Crippen molar-refractivity contribution in [1.82, 2.24) is 25.4 Å². The number of benzene rings is 1. The zero-order chi connectivity index (χ0) is 21.2. The highest BCUT2D eigenvalue weighted by molar-refractivity contribution is 14.0. The summed E-state index contributed by atoms with van der Waals surface area (Å²) < 4.78 is 2.34. The molecule has 172 valence electrons. The lowest BCUT2D eigenvalue weighted by Gasteiger charge is -2.12. The quantitative estimate of drug-likeness (QED) is 0.214. The molecule has 6 nitrogen and oxygen atoms in total. The van der Waals surface area contributed by atoms with Gasteiger partial charge in [0.2, 0.25) is 0 Å². The van der Waals surface area contributed by atoms with Gasteiger partial charge in [0.25, 0.3) is 0 Å². The number of aliphatic imine (C=N–C) groups is 1. The van der Waals surface area contributed by atoms with Crippen molar-refractivity contribution in [2.24, 2.45) is 4.99 Å². The van der Waals surface area contributed by atoms with E-state index in [0.717, 1.165) is 63.5 Å². The number of rotatable bonds is 9. The van der Waals surface area contributed by atoms with Crippen LogP contribution in [0, 0.1) is 0 Å². The summed E-state index contributed by atoms with van der Waals surface area (Å²) in [5.74, 6) is 3.78. The van der Waals surface area contributed by atoms with Crippen LogP contribution in [0.4, 0.5) is 0 Å². The topological polar surface area (TPSA) is 67.1 Å². The van der Waals surface area contributed by atoms with Crippen LogP contribution < -0.4 is 10.6 Å². The van der Waals surface area contributed by atoms with E-state index in [9.17, 15) is 0 Å². The van der Waals surface area contributed by atoms with E-state index in [4.69, 9.17) is 0 Å². The fourth-order valence-corrected chi connectivity index (χ4v) is 3.97. The Labute approximate surface area is 204 Å². The van der Waals surface area contributed by atoms with Gasteiger partial charge in [-0.3, -0.25) is 4.99 Å². The Morgan fingerprint density at radius 2 is 1.71 bits per heavy atom. The Bertz CT molecular complexity index is 797. The predicted octanol–water partition coefficient (Wildman–Crippen LogP) is 4.48. The summed E-state index contributed by atoms with van der Waals surface area (Å²) >= 11 is 0. The lowest BCUT2D eigenvalue weighted by Crippen LogP contribution is -2.38. The van der Waals surface area contributed by atoms with Gasteiger partial charge in [-0.15, -0.1) is 34.2 Å². The number of hydrogen-bond acceptors (Lipinski definition) is 3. The second kappa shape index (κ2) is 13.7. The van der Waals surface area contributed by atoms with Crippen LogP contribution in [0.15, 0.2) is 29.3 Å². The molecule has 0 amide bonds. The molecule has 0 atom stereocenters. The van der Waals surface area contributed by atoms with Gasteiger partial charge in [-0.05, 0) is 49.1 Å². The molecule has 2 heterocycles. The Kier molecular flexibility index (Phi) is 11.3. The molecular weight excluding hydrogens is 499 g/mol. The molecule has 0 bridgehead atoms. The molecule has 1 aliphatic heterocycles. The van der Waals surface area contributed by atoms with Crippen molar-refractivity contribution >= 4 is 29.9 Å². The summed E-state index contributed by atoms with van der Waals surface area (Å²) in [4.78, 5) is 4.34. The molecular formula is C24H39IN6. The van der Waals surface area contributed by atoms with Crippen molar-refractivity contribution in [3.8, 4) is 0 Å². The maximum Gasteiger partial charge on any atom is 0.190 e. The summed E-state index contributed by atoms with van der Waals surface area (Å²) in [5, 5.41) is 15.7. The molecule has 0 saturated heterocycles. The number of halogens is 1. The molecule has 0 fully saturated rings. The van der Waals surface area contributed by atoms with Gasteiger partial charge in [-0.2, -0.15) is 0 Å². The van der Waals surface area contributed by atoms with E-state index >= 15 is 0 Å². The second-order valence-electron chi connectivity index (χ2n) is 8.52. The summed E-state index contributed by atoms with van der Waals surface area (Å²) in [7, 11) is 1.83. The third kappa shape index (κ3) is 8.09. The first kappa shape index (κ1) is 25.6. The number of nitrogens with one attached hydrogen (secondary N) is 2. The highest BCUT2D eigenvalue weighted by Crippen LogP contribution is 2.16. The fourth-order valence-electron chi connectivity index (χ4n) is 3.97. The smallest absolute Gasteiger partial charge is 0.190 e. The minimum atomic E-state index is 0. The van der Waals surface area contributed by atoms with E-state index in [0.29, 0.717) is 5.92 Å². The van der Waals surface area contributed by atoms with Crippen LogP contribution >= 0.6 is 24.0 Å². The van der Waals surface area contributed by atoms with Crippen LogP contribution in [0.3, 0.4) is 0 Å². The molecule has 2 aromatic rings. The fraction of sp³-hybridized carbons (Fsp3) is 0.625. The highest BCUT2D eigenvalue weighted by Gasteiger charge is 2.14. The number of aromatic nitrogens is 3. The largest absolute Gasteiger partial charge is 0.356 e. The first-order valence-corrected chi connectivity index (χ1v) is 11.6. The third-order valence-electron chi connectivity index (χ3n) is 5.86. The van der Waals surface area contributed by atoms with Crippen LogP contribution in [0.2, 0.25) is 0 Å². The number of guanidine groups is 1. The minimum absolute atomic E-state index is 0. The zero-order valence-electron chi connectivity index (χ0n) is 19.4. The molecule has 0 spiro atoms. The van der Waals surface area contributed by atoms with E-state index in [1.807, 2.05) is 7.05 Å². The van der Waals surface area contributed by atoms with Crippen molar-refractivity contribution in [2.45, 2.75) is 77.7 Å². The predicted molar refractivity (Wildman–Crippen MR) is 140 cm³/mol. The number of nitrogens with zero attached hydrogens (tertiary/aromatic N) is 4. The van der Waals surface area contributed by atoms with E-state index in [1.165, 1.54) is 36.2 Å². The second-order valence-corrected chi connectivity index (χ2v) is 8.52. The molecule has 3 rings (SSSR count). The maximum absolute atomic E-state index is 4.42. The first-order chi connectivity index (χ1) is 14.7. The molecule has 1 aromatic carbocycles. The van der Waals surface area contributed by atoms with Crippen LogP contribution in [0.1, 0.15) is 74.6 Å². The van der Waals surface area contributed by atoms with Gasteiger partial charge in [0.15, 0.2) is 5.96 Å². The molecule has 0 radical (unpaired) electrons. The van der Waals surface area contributed by atoms with Gasteiger partial charge in [0, 0.05) is 39.5 Å². The monoisotopic (exact) mass is 538 g/mol. The number of fused-ring (bicyclic) bond motifs is 1. The maximum atomic E-state index is 4.42. The Hall–Kier alpha value is -1.64. The lowest BCUT2D eigenvalue weighted by atomic mass is 10.0. The van der Waals surface area contributed by atoms with Gasteiger partial charge in [0.05, 0.1) is 0 Å². The summed E-state index contributed by atoms with van der Waals surface area (Å²) in [5.41, 5.74) is 2.81. The minimum Gasteiger partial charge on any atom is -0.356 e. The van der Waals surface area contributed by atoms with E-state index in [-0.39, 0.29) is 24.0 Å².